The Hall–Kier alpha value is -2.69. The third-order valence-electron chi connectivity index (χ3n) is 4.54. The van der Waals surface area contributed by atoms with Crippen LogP contribution in [0.5, 0.6) is 0 Å². The predicted octanol–water partition coefficient (Wildman–Crippen LogP) is 8.83. The molecule has 0 aliphatic rings. The number of aryl methyl sites for hydroxylation is 2. The molecule has 0 fully saturated rings. The lowest BCUT2D eigenvalue weighted by Crippen LogP contribution is -2.16. The molecule has 2 nitrogen and oxygen atoms in total. The Balaban J connectivity index is 0.000000594. The van der Waals surface area contributed by atoms with E-state index in [1.807, 2.05) is 6.07 Å². The van der Waals surface area contributed by atoms with E-state index in [9.17, 15) is 8.78 Å². The van der Waals surface area contributed by atoms with Crippen LogP contribution in [0.1, 0.15) is 42.4 Å². The third-order valence-corrected chi connectivity index (χ3v) is 6.77. The molecule has 0 atom stereocenters. The Morgan fingerprint density at radius 3 is 1.68 bits per heavy atom. The summed E-state index contributed by atoms with van der Waals surface area (Å²) in [6.07, 6.45) is 8.69. The first kappa shape index (κ1) is 34.3. The zero-order chi connectivity index (χ0) is 28.5. The second-order valence-corrected chi connectivity index (χ2v) is 20.9. The van der Waals surface area contributed by atoms with Crippen molar-refractivity contribution >= 4 is 32.1 Å². The van der Waals surface area contributed by atoms with Gasteiger partial charge in [-0.1, -0.05) is 61.1 Å². The lowest BCUT2D eigenvalue weighted by Gasteiger charge is -2.05. The van der Waals surface area contributed by atoms with Gasteiger partial charge in [0.25, 0.3) is 0 Å². The zero-order valence-electron chi connectivity index (χ0n) is 22.8. The Kier molecular flexibility index (Phi) is 16.4. The molecular formula is C30H37BrF2N2Si2. The van der Waals surface area contributed by atoms with E-state index in [2.05, 4.69) is 78.3 Å². The summed E-state index contributed by atoms with van der Waals surface area (Å²) in [4.78, 5) is 0. The van der Waals surface area contributed by atoms with Gasteiger partial charge in [-0.05, 0) is 73.2 Å². The van der Waals surface area contributed by atoms with Gasteiger partial charge in [0.2, 0.25) is 0 Å². The summed E-state index contributed by atoms with van der Waals surface area (Å²) in [5.74, 6) is 2.73. The summed E-state index contributed by atoms with van der Waals surface area (Å²) in [6, 6.07) is 14.0. The summed E-state index contributed by atoms with van der Waals surface area (Å²) in [6.45, 7) is 13.0. The number of nitrogens with zero attached hydrogens (tertiary/aromatic N) is 2. The standard InChI is InChI=1S/C15H18FNSi.C10H9BrFN.C5H10Si/c1-18(2,3)11-9-13-7-8-15(16)14(12-13)6-4-5-10-17;11-9-4-5-10(12)8(7-9)3-1-2-6-13;1-5-6(2,3)4/h7-8,12H,4-6H2,1-3H3;4-5,7H,1-3H2;1H,2-4H3. The smallest absolute Gasteiger partial charge is 0.129 e. The highest BCUT2D eigenvalue weighted by molar-refractivity contribution is 9.10. The first-order valence-electron chi connectivity index (χ1n) is 12.2. The van der Waals surface area contributed by atoms with Gasteiger partial charge in [0.15, 0.2) is 0 Å². The summed E-state index contributed by atoms with van der Waals surface area (Å²) in [5.41, 5.74) is 8.21. The molecule has 0 aliphatic carbocycles. The lowest BCUT2D eigenvalue weighted by atomic mass is 10.1. The molecular weight excluding hydrogens is 562 g/mol. The van der Waals surface area contributed by atoms with Gasteiger partial charge in [-0.3, -0.25) is 0 Å². The molecule has 0 N–H and O–H groups in total. The van der Waals surface area contributed by atoms with E-state index in [0.717, 1.165) is 10.0 Å². The maximum Gasteiger partial charge on any atom is 0.129 e. The zero-order valence-corrected chi connectivity index (χ0v) is 26.4. The van der Waals surface area contributed by atoms with Crippen LogP contribution in [0, 0.1) is 57.7 Å². The maximum atomic E-state index is 13.5. The maximum absolute atomic E-state index is 13.5. The van der Waals surface area contributed by atoms with Crippen molar-refractivity contribution in [3.63, 3.8) is 0 Å². The molecule has 0 aromatic heterocycles. The second-order valence-electron chi connectivity index (χ2n) is 10.5. The molecule has 2 aromatic carbocycles. The van der Waals surface area contributed by atoms with Crippen molar-refractivity contribution in [2.24, 2.45) is 0 Å². The molecule has 2 rings (SSSR count). The van der Waals surface area contributed by atoms with Crippen molar-refractivity contribution < 1.29 is 8.78 Å². The fraction of sp³-hybridized carbons (Fsp3) is 0.400. The van der Waals surface area contributed by atoms with Gasteiger partial charge in [0, 0.05) is 22.9 Å². The van der Waals surface area contributed by atoms with Crippen LogP contribution in [0.15, 0.2) is 40.9 Å². The van der Waals surface area contributed by atoms with Gasteiger partial charge >= 0.3 is 0 Å². The van der Waals surface area contributed by atoms with E-state index in [0.29, 0.717) is 49.7 Å². The molecule has 196 valence electrons. The third kappa shape index (κ3) is 18.2. The van der Waals surface area contributed by atoms with Crippen LogP contribution < -0.4 is 0 Å². The van der Waals surface area contributed by atoms with E-state index < -0.39 is 16.1 Å². The van der Waals surface area contributed by atoms with Crippen LogP contribution in [0.25, 0.3) is 0 Å². The highest BCUT2D eigenvalue weighted by Crippen LogP contribution is 2.17. The first-order chi connectivity index (χ1) is 17.2. The molecule has 0 unspecified atom stereocenters. The number of unbranched alkanes of at least 4 members (excludes halogenated alkanes) is 2. The van der Waals surface area contributed by atoms with E-state index in [4.69, 9.17) is 16.9 Å². The number of rotatable bonds is 6. The van der Waals surface area contributed by atoms with Crippen molar-refractivity contribution in [3.05, 3.63) is 69.2 Å². The number of benzene rings is 2. The minimum Gasteiger partial charge on any atom is -0.207 e. The normalized spacial score (nSPS) is 10.1. The van der Waals surface area contributed by atoms with Crippen LogP contribution in [0.3, 0.4) is 0 Å². The molecule has 0 bridgehead atoms. The average molecular weight is 600 g/mol. The largest absolute Gasteiger partial charge is 0.207 e. The number of hydrogen-bond donors (Lipinski definition) is 0. The van der Waals surface area contributed by atoms with Crippen molar-refractivity contribution in [1.29, 1.82) is 10.5 Å². The van der Waals surface area contributed by atoms with Crippen LogP contribution in [-0.2, 0) is 12.8 Å². The van der Waals surface area contributed by atoms with E-state index in [1.54, 1.807) is 24.3 Å². The number of hydrogen-bond acceptors (Lipinski definition) is 2. The van der Waals surface area contributed by atoms with Gasteiger partial charge in [-0.25, -0.2) is 8.78 Å². The van der Waals surface area contributed by atoms with Crippen molar-refractivity contribution in [2.45, 2.75) is 77.8 Å². The molecule has 7 heteroatoms. The fourth-order valence-corrected chi connectivity index (χ4v) is 3.48. The summed E-state index contributed by atoms with van der Waals surface area (Å²) in [7, 11) is -2.50. The number of nitriles is 2. The highest BCUT2D eigenvalue weighted by atomic mass is 79.9. The summed E-state index contributed by atoms with van der Waals surface area (Å²) >= 11 is 3.27. The SMILES string of the molecule is C#C[Si](C)(C)C.C[Si](C)(C)C#Cc1ccc(F)c(CCCC#N)c1.N#CCCCc1cc(Br)ccc1F. The molecule has 2 aromatic rings. The Morgan fingerprint density at radius 2 is 1.24 bits per heavy atom. The van der Waals surface area contributed by atoms with Gasteiger partial charge < -0.3 is 0 Å². The van der Waals surface area contributed by atoms with E-state index in [-0.39, 0.29) is 11.6 Å². The fourth-order valence-electron chi connectivity index (χ4n) is 2.55. The van der Waals surface area contributed by atoms with Crippen LogP contribution in [0.2, 0.25) is 39.3 Å². The minimum absolute atomic E-state index is 0.193. The summed E-state index contributed by atoms with van der Waals surface area (Å²) in [5, 5.41) is 16.8. The van der Waals surface area contributed by atoms with Crippen molar-refractivity contribution in [2.75, 3.05) is 0 Å². The number of halogens is 3. The Labute approximate surface area is 233 Å². The van der Waals surface area contributed by atoms with Gasteiger partial charge in [-0.2, -0.15) is 10.5 Å². The van der Waals surface area contributed by atoms with Gasteiger partial charge in [-0.15, -0.1) is 17.5 Å². The topological polar surface area (TPSA) is 47.6 Å². The Morgan fingerprint density at radius 1 is 0.784 bits per heavy atom. The van der Waals surface area contributed by atoms with Gasteiger partial charge in [0.05, 0.1) is 12.1 Å². The molecule has 37 heavy (non-hydrogen) atoms. The first-order valence-corrected chi connectivity index (χ1v) is 20.0. The molecule has 0 saturated carbocycles. The quantitative estimate of drug-likeness (QED) is 0.189. The van der Waals surface area contributed by atoms with Crippen LogP contribution >= 0.6 is 15.9 Å². The second kappa shape index (κ2) is 17.7. The van der Waals surface area contributed by atoms with Gasteiger partial charge in [0.1, 0.15) is 27.8 Å². The molecule has 0 spiro atoms. The monoisotopic (exact) mass is 598 g/mol. The Bertz CT molecular complexity index is 1180. The molecule has 0 saturated heterocycles. The number of terminal acetylenes is 1. The van der Waals surface area contributed by atoms with Crippen molar-refractivity contribution in [3.8, 4) is 35.6 Å². The van der Waals surface area contributed by atoms with E-state index in [1.165, 1.54) is 12.1 Å². The molecule has 0 heterocycles. The molecule has 0 aliphatic heterocycles. The average Bonchev–Trinajstić information content (AvgIpc) is 2.82. The molecule has 0 radical (unpaired) electrons. The van der Waals surface area contributed by atoms with Crippen molar-refractivity contribution in [1.82, 2.24) is 0 Å². The lowest BCUT2D eigenvalue weighted by molar-refractivity contribution is 0.604. The predicted molar refractivity (Wildman–Crippen MR) is 160 cm³/mol. The van der Waals surface area contributed by atoms with Crippen LogP contribution in [0.4, 0.5) is 8.78 Å². The molecule has 0 amide bonds. The minimum atomic E-state index is -1.40. The highest BCUT2D eigenvalue weighted by Gasteiger charge is 2.08. The van der Waals surface area contributed by atoms with Crippen LogP contribution in [-0.4, -0.2) is 16.1 Å². The van der Waals surface area contributed by atoms with E-state index >= 15 is 0 Å². The summed E-state index contributed by atoms with van der Waals surface area (Å²) < 4.78 is 27.5.